The number of nitrogens with zero attached hydrogens (tertiary/aromatic N) is 3. The van der Waals surface area contributed by atoms with Crippen LogP contribution in [0.25, 0.3) is 0 Å². The van der Waals surface area contributed by atoms with Crippen molar-refractivity contribution in [1.82, 2.24) is 4.31 Å². The number of sulfonamides is 1. The molecule has 0 spiro atoms. The molecule has 1 atom stereocenters. The molecule has 0 N–H and O–H groups in total. The summed E-state index contributed by atoms with van der Waals surface area (Å²) in [6.07, 6.45) is 0. The molecular formula is C14H15N3O4S2. The number of hydrogen-bond donors (Lipinski definition) is 0. The summed E-state index contributed by atoms with van der Waals surface area (Å²) in [6, 6.07) is 13.8. The van der Waals surface area contributed by atoms with Gasteiger partial charge in [-0.1, -0.05) is 30.3 Å². The lowest BCUT2D eigenvalue weighted by Crippen LogP contribution is -2.18. The van der Waals surface area contributed by atoms with Gasteiger partial charge in [-0.25, -0.2) is 4.31 Å². The SMILES string of the molecule is CN(C)S(=NS(=O)(=O)c1ccccc1)c1ccccc1[N+](=O)[O-]. The Kier molecular flexibility index (Phi) is 5.24. The molecule has 23 heavy (non-hydrogen) atoms. The summed E-state index contributed by atoms with van der Waals surface area (Å²) in [6.45, 7) is 0. The first-order valence-electron chi connectivity index (χ1n) is 6.51. The maximum absolute atomic E-state index is 12.4. The smallest absolute Gasteiger partial charge is 0.258 e. The molecule has 0 bridgehead atoms. The van der Waals surface area contributed by atoms with E-state index >= 15 is 0 Å². The van der Waals surface area contributed by atoms with Crippen molar-refractivity contribution in [3.63, 3.8) is 0 Å². The largest absolute Gasteiger partial charge is 0.289 e. The average Bonchev–Trinajstić information content (AvgIpc) is 2.53. The lowest BCUT2D eigenvalue weighted by Gasteiger charge is -2.15. The van der Waals surface area contributed by atoms with Crippen molar-refractivity contribution in [3.8, 4) is 0 Å². The van der Waals surface area contributed by atoms with Gasteiger partial charge in [0.2, 0.25) is 0 Å². The van der Waals surface area contributed by atoms with Crippen LogP contribution >= 0.6 is 0 Å². The normalized spacial score (nSPS) is 13.2. The Morgan fingerprint density at radius 1 is 1.04 bits per heavy atom. The molecule has 0 aliphatic heterocycles. The maximum Gasteiger partial charge on any atom is 0.289 e. The summed E-state index contributed by atoms with van der Waals surface area (Å²) >= 11 is 0. The highest BCUT2D eigenvalue weighted by Crippen LogP contribution is 2.26. The lowest BCUT2D eigenvalue weighted by molar-refractivity contribution is -0.387. The Bertz CT molecular complexity index is 849. The van der Waals surface area contributed by atoms with Crippen molar-refractivity contribution >= 4 is 26.6 Å². The minimum absolute atomic E-state index is 0.0536. The third-order valence-corrected chi connectivity index (χ3v) is 6.46. The molecule has 0 radical (unpaired) electrons. The van der Waals surface area contributed by atoms with Crippen LogP contribution in [0.2, 0.25) is 0 Å². The van der Waals surface area contributed by atoms with Crippen LogP contribution in [0.15, 0.2) is 68.2 Å². The van der Waals surface area contributed by atoms with Crippen molar-refractivity contribution < 1.29 is 13.3 Å². The number of nitro groups is 1. The quantitative estimate of drug-likeness (QED) is 0.608. The number of hydrogen-bond acceptors (Lipinski definition) is 4. The van der Waals surface area contributed by atoms with Crippen molar-refractivity contribution in [3.05, 3.63) is 64.7 Å². The summed E-state index contributed by atoms with van der Waals surface area (Å²) in [7, 11) is -1.98. The van der Waals surface area contributed by atoms with Crippen molar-refractivity contribution in [2.24, 2.45) is 3.77 Å². The molecule has 0 saturated heterocycles. The van der Waals surface area contributed by atoms with Crippen LogP contribution in [0.5, 0.6) is 0 Å². The number of benzene rings is 2. The molecule has 1 unspecified atom stereocenters. The van der Waals surface area contributed by atoms with Gasteiger partial charge in [0.1, 0.15) is 4.90 Å². The van der Waals surface area contributed by atoms with Gasteiger partial charge in [-0.05, 0) is 32.3 Å². The van der Waals surface area contributed by atoms with Gasteiger partial charge in [0, 0.05) is 16.9 Å². The van der Waals surface area contributed by atoms with E-state index in [1.807, 2.05) is 0 Å². The minimum atomic E-state index is -3.92. The van der Waals surface area contributed by atoms with E-state index in [1.54, 1.807) is 42.7 Å². The van der Waals surface area contributed by atoms with Gasteiger partial charge in [-0.15, -0.1) is 3.77 Å². The Morgan fingerprint density at radius 3 is 2.17 bits per heavy atom. The van der Waals surface area contributed by atoms with Gasteiger partial charge in [-0.2, -0.15) is 8.42 Å². The standard InChI is InChI=1S/C14H15N3O4S2/c1-16(2)22(14-11-7-6-10-13(14)17(18)19)15-23(20,21)12-8-4-3-5-9-12/h3-11H,1-2H3. The zero-order chi connectivity index (χ0) is 17.0. The second kappa shape index (κ2) is 6.99. The fraction of sp³-hybridized carbons (Fsp3) is 0.143. The Balaban J connectivity index is 2.63. The van der Waals surface area contributed by atoms with E-state index in [-0.39, 0.29) is 15.5 Å². The van der Waals surface area contributed by atoms with Crippen LogP contribution in [0.3, 0.4) is 0 Å². The van der Waals surface area contributed by atoms with Crippen LogP contribution in [-0.2, 0) is 20.9 Å². The van der Waals surface area contributed by atoms with E-state index < -0.39 is 25.8 Å². The zero-order valence-electron chi connectivity index (χ0n) is 12.5. The van der Waals surface area contributed by atoms with Crippen molar-refractivity contribution in [1.29, 1.82) is 0 Å². The predicted octanol–water partition coefficient (Wildman–Crippen LogP) is 2.62. The number of para-hydroxylation sites is 1. The summed E-state index contributed by atoms with van der Waals surface area (Å²) in [5.41, 5.74) is -0.156. The molecule has 2 aromatic carbocycles. The van der Waals surface area contributed by atoms with Crippen LogP contribution in [0.1, 0.15) is 0 Å². The predicted molar refractivity (Wildman–Crippen MR) is 88.5 cm³/mol. The molecule has 0 aliphatic carbocycles. The first kappa shape index (κ1) is 17.3. The fourth-order valence-corrected chi connectivity index (χ4v) is 5.16. The van der Waals surface area contributed by atoms with Gasteiger partial charge < -0.3 is 0 Å². The first-order chi connectivity index (χ1) is 10.8. The molecule has 2 rings (SSSR count). The molecule has 9 heteroatoms. The topological polar surface area (TPSA) is 92.9 Å². The molecule has 122 valence electrons. The summed E-state index contributed by atoms with van der Waals surface area (Å²) in [5, 5.41) is 11.2. The first-order valence-corrected chi connectivity index (χ1v) is 9.09. The molecule has 0 heterocycles. The molecule has 0 saturated carbocycles. The molecule has 0 aromatic heterocycles. The van der Waals surface area contributed by atoms with Crippen LogP contribution in [-0.4, -0.2) is 31.7 Å². The summed E-state index contributed by atoms with van der Waals surface area (Å²) in [4.78, 5) is 11.0. The maximum atomic E-state index is 12.4. The van der Waals surface area contributed by atoms with Gasteiger partial charge in [0.25, 0.3) is 15.7 Å². The van der Waals surface area contributed by atoms with E-state index in [4.69, 9.17) is 0 Å². The van der Waals surface area contributed by atoms with Gasteiger partial charge in [0.15, 0.2) is 0 Å². The van der Waals surface area contributed by atoms with E-state index in [9.17, 15) is 18.5 Å². The highest BCUT2D eigenvalue weighted by atomic mass is 32.3. The van der Waals surface area contributed by atoms with E-state index in [2.05, 4.69) is 3.77 Å². The summed E-state index contributed by atoms with van der Waals surface area (Å²) in [5.74, 6) is 0. The average molecular weight is 353 g/mol. The van der Waals surface area contributed by atoms with Crippen molar-refractivity contribution in [2.45, 2.75) is 9.79 Å². The second-order valence-corrected chi connectivity index (χ2v) is 8.38. The lowest BCUT2D eigenvalue weighted by atomic mass is 10.3. The highest BCUT2D eigenvalue weighted by molar-refractivity contribution is 7.99. The molecular weight excluding hydrogens is 338 g/mol. The third-order valence-electron chi connectivity index (χ3n) is 2.81. The zero-order valence-corrected chi connectivity index (χ0v) is 14.1. The van der Waals surface area contributed by atoms with E-state index in [1.165, 1.54) is 30.3 Å². The van der Waals surface area contributed by atoms with E-state index in [0.29, 0.717) is 0 Å². The molecule has 0 fully saturated rings. The monoisotopic (exact) mass is 353 g/mol. The van der Waals surface area contributed by atoms with Gasteiger partial charge >= 0.3 is 0 Å². The van der Waals surface area contributed by atoms with Crippen LogP contribution in [0, 0.1) is 10.1 Å². The van der Waals surface area contributed by atoms with Crippen molar-refractivity contribution in [2.75, 3.05) is 14.1 Å². The Morgan fingerprint density at radius 2 is 1.61 bits per heavy atom. The van der Waals surface area contributed by atoms with Gasteiger partial charge in [-0.3, -0.25) is 10.1 Å². The third kappa shape index (κ3) is 4.01. The van der Waals surface area contributed by atoms with Crippen LogP contribution in [0.4, 0.5) is 5.69 Å². The highest BCUT2D eigenvalue weighted by Gasteiger charge is 2.22. The Labute approximate surface area is 137 Å². The minimum Gasteiger partial charge on any atom is -0.258 e. The fourth-order valence-electron chi connectivity index (χ4n) is 1.79. The second-order valence-electron chi connectivity index (χ2n) is 4.66. The molecule has 7 nitrogen and oxygen atoms in total. The van der Waals surface area contributed by atoms with Crippen LogP contribution < -0.4 is 0 Å². The molecule has 0 amide bonds. The summed E-state index contributed by atoms with van der Waals surface area (Å²) < 4.78 is 30.3. The number of rotatable bonds is 5. The Hall–Kier alpha value is -2.10. The van der Waals surface area contributed by atoms with Gasteiger partial charge in [0.05, 0.1) is 9.82 Å². The van der Waals surface area contributed by atoms with E-state index in [0.717, 1.165) is 0 Å². The molecule has 0 aliphatic rings. The number of nitro benzene ring substituents is 1. The molecule has 2 aromatic rings.